The molecule has 3 rings (SSSR count). The molecule has 1 aliphatic rings. The van der Waals surface area contributed by atoms with Gasteiger partial charge in [-0.1, -0.05) is 24.3 Å². The monoisotopic (exact) mass is 517 g/mol. The fourth-order valence-electron chi connectivity index (χ4n) is 3.28. The number of nitro groups is 1. The smallest absolute Gasteiger partial charge is 0.274 e. The standard InChI is InChI=1S/C19H21F2N5O2.HI/c1-22-19(23-11-13-5-2-3-8-17(13)26(27)28)24-14-9-10-25(12-14)18-15(20)6-4-7-16(18)21;/h2-8,14H,9-12H2,1H3,(H2,22,23,24);1H. The summed E-state index contributed by atoms with van der Waals surface area (Å²) in [5.41, 5.74) is 0.555. The number of aliphatic imine (C=N–C) groups is 1. The van der Waals surface area contributed by atoms with Crippen LogP contribution in [0.3, 0.4) is 0 Å². The second-order valence-electron chi connectivity index (χ2n) is 6.46. The lowest BCUT2D eigenvalue weighted by Gasteiger charge is -2.21. The first-order valence-electron chi connectivity index (χ1n) is 8.88. The minimum Gasteiger partial charge on any atom is -0.365 e. The van der Waals surface area contributed by atoms with E-state index in [0.29, 0.717) is 31.0 Å². The Bertz CT molecular complexity index is 876. The molecule has 0 spiro atoms. The van der Waals surface area contributed by atoms with Gasteiger partial charge < -0.3 is 15.5 Å². The molecule has 2 aromatic rings. The van der Waals surface area contributed by atoms with Gasteiger partial charge in [-0.3, -0.25) is 15.1 Å². The number of nitrogens with one attached hydrogen (secondary N) is 2. The van der Waals surface area contributed by atoms with Crippen LogP contribution >= 0.6 is 24.0 Å². The van der Waals surface area contributed by atoms with Crippen LogP contribution in [0.1, 0.15) is 12.0 Å². The predicted molar refractivity (Wildman–Crippen MR) is 119 cm³/mol. The van der Waals surface area contributed by atoms with E-state index in [1.165, 1.54) is 24.3 Å². The Hall–Kier alpha value is -2.50. The number of anilines is 1. The van der Waals surface area contributed by atoms with E-state index in [4.69, 9.17) is 0 Å². The van der Waals surface area contributed by atoms with Crippen molar-refractivity contribution in [3.05, 3.63) is 69.8 Å². The maximum absolute atomic E-state index is 14.0. The fraction of sp³-hybridized carbons (Fsp3) is 0.316. The van der Waals surface area contributed by atoms with Gasteiger partial charge in [0.15, 0.2) is 5.96 Å². The molecule has 1 atom stereocenters. The third-order valence-electron chi connectivity index (χ3n) is 4.64. The second kappa shape index (κ2) is 10.3. The molecule has 1 fully saturated rings. The highest BCUT2D eigenvalue weighted by atomic mass is 127. The van der Waals surface area contributed by atoms with E-state index < -0.39 is 16.6 Å². The van der Waals surface area contributed by atoms with Crippen LogP contribution in [0.25, 0.3) is 0 Å². The van der Waals surface area contributed by atoms with Gasteiger partial charge >= 0.3 is 0 Å². The van der Waals surface area contributed by atoms with Crippen molar-refractivity contribution in [1.82, 2.24) is 10.6 Å². The normalized spacial score (nSPS) is 16.3. The number of nitrogens with zero attached hydrogens (tertiary/aromatic N) is 3. The zero-order valence-electron chi connectivity index (χ0n) is 15.8. The molecule has 2 N–H and O–H groups in total. The number of halogens is 3. The third-order valence-corrected chi connectivity index (χ3v) is 4.64. The molecule has 156 valence electrons. The summed E-state index contributed by atoms with van der Waals surface area (Å²) in [6.45, 7) is 1.16. The van der Waals surface area contributed by atoms with Crippen LogP contribution in [-0.4, -0.2) is 37.1 Å². The maximum Gasteiger partial charge on any atom is 0.274 e. The van der Waals surface area contributed by atoms with E-state index in [1.807, 2.05) is 0 Å². The Balaban J connectivity index is 0.00000300. The van der Waals surface area contributed by atoms with Crippen molar-refractivity contribution in [2.24, 2.45) is 4.99 Å². The Labute approximate surface area is 184 Å². The molecule has 1 aliphatic heterocycles. The molecule has 10 heteroatoms. The number of para-hydroxylation sites is 2. The van der Waals surface area contributed by atoms with Gasteiger partial charge in [-0.2, -0.15) is 0 Å². The van der Waals surface area contributed by atoms with Crippen LogP contribution in [0.4, 0.5) is 20.2 Å². The number of rotatable bonds is 5. The van der Waals surface area contributed by atoms with Crippen molar-refractivity contribution in [2.75, 3.05) is 25.0 Å². The zero-order chi connectivity index (χ0) is 20.1. The van der Waals surface area contributed by atoms with E-state index >= 15 is 0 Å². The summed E-state index contributed by atoms with van der Waals surface area (Å²) in [6.07, 6.45) is 0.681. The average Bonchev–Trinajstić information content (AvgIpc) is 3.13. The molecule has 2 aromatic carbocycles. The van der Waals surface area contributed by atoms with Gasteiger partial charge in [0.25, 0.3) is 5.69 Å². The molecule has 29 heavy (non-hydrogen) atoms. The van der Waals surface area contributed by atoms with Crippen LogP contribution in [0.15, 0.2) is 47.5 Å². The van der Waals surface area contributed by atoms with E-state index in [2.05, 4.69) is 15.6 Å². The Morgan fingerprint density at radius 3 is 2.59 bits per heavy atom. The number of nitro benzene ring substituents is 1. The quantitative estimate of drug-likeness (QED) is 0.209. The van der Waals surface area contributed by atoms with Crippen molar-refractivity contribution in [3.63, 3.8) is 0 Å². The molecule has 1 saturated heterocycles. The first-order chi connectivity index (χ1) is 13.5. The molecule has 0 aromatic heterocycles. The SMILES string of the molecule is CN=C(NCc1ccccc1[N+](=O)[O-])NC1CCN(c2c(F)cccc2F)C1.I. The number of hydrogen-bond acceptors (Lipinski definition) is 4. The molecule has 0 radical (unpaired) electrons. The zero-order valence-corrected chi connectivity index (χ0v) is 18.1. The van der Waals surface area contributed by atoms with E-state index in [0.717, 1.165) is 0 Å². The molecule has 1 heterocycles. The van der Waals surface area contributed by atoms with Crippen LogP contribution < -0.4 is 15.5 Å². The van der Waals surface area contributed by atoms with Gasteiger partial charge in [0, 0.05) is 44.4 Å². The van der Waals surface area contributed by atoms with Crippen LogP contribution in [0.2, 0.25) is 0 Å². The second-order valence-corrected chi connectivity index (χ2v) is 6.46. The lowest BCUT2D eigenvalue weighted by Crippen LogP contribution is -2.44. The lowest BCUT2D eigenvalue weighted by molar-refractivity contribution is -0.385. The molecular formula is C19H22F2IN5O2. The van der Waals surface area contributed by atoms with Crippen LogP contribution in [-0.2, 0) is 6.54 Å². The highest BCUT2D eigenvalue weighted by Gasteiger charge is 2.27. The summed E-state index contributed by atoms with van der Waals surface area (Å²) in [7, 11) is 1.60. The molecule has 0 aliphatic carbocycles. The summed E-state index contributed by atoms with van der Waals surface area (Å²) in [6, 6.07) is 10.2. The van der Waals surface area contributed by atoms with E-state index in [9.17, 15) is 18.9 Å². The van der Waals surface area contributed by atoms with Gasteiger partial charge in [-0.25, -0.2) is 8.78 Å². The van der Waals surface area contributed by atoms with Crippen molar-refractivity contribution in [1.29, 1.82) is 0 Å². The Morgan fingerprint density at radius 1 is 1.24 bits per heavy atom. The minimum absolute atomic E-state index is 0. The predicted octanol–water partition coefficient (Wildman–Crippen LogP) is 3.43. The van der Waals surface area contributed by atoms with E-state index in [-0.39, 0.29) is 47.9 Å². The third kappa shape index (κ3) is 5.52. The largest absolute Gasteiger partial charge is 0.365 e. The van der Waals surface area contributed by atoms with Crippen LogP contribution in [0, 0.1) is 21.7 Å². The molecule has 0 saturated carbocycles. The average molecular weight is 517 g/mol. The Kier molecular flexibility index (Phi) is 8.11. The van der Waals surface area contributed by atoms with Crippen LogP contribution in [0.5, 0.6) is 0 Å². The number of benzene rings is 2. The number of hydrogen-bond donors (Lipinski definition) is 2. The topological polar surface area (TPSA) is 82.8 Å². The van der Waals surface area contributed by atoms with Crippen molar-refractivity contribution in [3.8, 4) is 0 Å². The summed E-state index contributed by atoms with van der Waals surface area (Å²) in [4.78, 5) is 16.5. The highest BCUT2D eigenvalue weighted by molar-refractivity contribution is 14.0. The number of guanidine groups is 1. The Morgan fingerprint density at radius 2 is 1.93 bits per heavy atom. The first kappa shape index (κ1) is 22.8. The van der Waals surface area contributed by atoms with Crippen molar-refractivity contribution >= 4 is 41.3 Å². The molecule has 7 nitrogen and oxygen atoms in total. The van der Waals surface area contributed by atoms with Gasteiger partial charge in [0.05, 0.1) is 4.92 Å². The summed E-state index contributed by atoms with van der Waals surface area (Å²) in [5.74, 6) is -0.696. The van der Waals surface area contributed by atoms with Gasteiger partial charge in [-0.15, -0.1) is 24.0 Å². The molecule has 0 bridgehead atoms. The fourth-order valence-corrected chi connectivity index (χ4v) is 3.28. The molecule has 0 amide bonds. The minimum atomic E-state index is -0.584. The maximum atomic E-state index is 14.0. The van der Waals surface area contributed by atoms with E-state index in [1.54, 1.807) is 30.1 Å². The highest BCUT2D eigenvalue weighted by Crippen LogP contribution is 2.26. The first-order valence-corrected chi connectivity index (χ1v) is 8.88. The van der Waals surface area contributed by atoms with Crippen molar-refractivity contribution in [2.45, 2.75) is 19.0 Å². The van der Waals surface area contributed by atoms with Gasteiger partial charge in [0.1, 0.15) is 17.3 Å². The van der Waals surface area contributed by atoms with Gasteiger partial charge in [0.2, 0.25) is 0 Å². The van der Waals surface area contributed by atoms with Gasteiger partial charge in [-0.05, 0) is 18.6 Å². The molecular weight excluding hydrogens is 495 g/mol. The molecule has 1 unspecified atom stereocenters. The summed E-state index contributed by atoms with van der Waals surface area (Å²) >= 11 is 0. The van der Waals surface area contributed by atoms with Crippen molar-refractivity contribution < 1.29 is 13.7 Å². The lowest BCUT2D eigenvalue weighted by atomic mass is 10.2. The summed E-state index contributed by atoms with van der Waals surface area (Å²) < 4.78 is 28.0. The summed E-state index contributed by atoms with van der Waals surface area (Å²) in [5, 5.41) is 17.4.